The van der Waals surface area contributed by atoms with Crippen LogP contribution in [-0.4, -0.2) is 5.97 Å². The van der Waals surface area contributed by atoms with Crippen LogP contribution in [0.15, 0.2) is 12.8 Å². The maximum Gasteiger partial charge on any atom is 0.310 e. The van der Waals surface area contributed by atoms with Crippen molar-refractivity contribution >= 4 is 5.97 Å². The summed E-state index contributed by atoms with van der Waals surface area (Å²) in [5, 5.41) is 0. The average molecular weight is 328 g/mol. The van der Waals surface area contributed by atoms with Gasteiger partial charge in [-0.1, -0.05) is 103 Å². The Balaban J connectivity index is 0. The number of carbonyl (C=O) groups excluding carboxylic acids is 1. The molecule has 3 heteroatoms. The van der Waals surface area contributed by atoms with Crippen LogP contribution >= 0.6 is 0 Å². The summed E-state index contributed by atoms with van der Waals surface area (Å²) < 4.78 is 4.69. The molecule has 0 heterocycles. The highest BCUT2D eigenvalue weighted by atomic mass is 16.5. The van der Waals surface area contributed by atoms with Crippen molar-refractivity contribution in [2.24, 2.45) is 0 Å². The van der Waals surface area contributed by atoms with Crippen molar-refractivity contribution in [3.8, 4) is 0 Å². The Bertz CT molecular complexity index is 254. The van der Waals surface area contributed by atoms with Gasteiger partial charge in [0.25, 0.3) is 0 Å². The molecule has 0 saturated heterocycles. The van der Waals surface area contributed by atoms with Crippen molar-refractivity contribution in [1.29, 1.82) is 0 Å². The first-order valence-corrected chi connectivity index (χ1v) is 9.61. The third-order valence-corrected chi connectivity index (χ3v) is 4.20. The number of ether oxygens (including phenoxy) is 1. The van der Waals surface area contributed by atoms with Gasteiger partial charge in [-0.3, -0.25) is 4.79 Å². The Labute approximate surface area is 144 Å². The maximum absolute atomic E-state index is 11.1. The fourth-order valence-electron chi connectivity index (χ4n) is 2.79. The molecule has 0 amide bonds. The number of carbonyl (C=O) groups is 1. The third kappa shape index (κ3) is 21.2. The van der Waals surface area contributed by atoms with Crippen LogP contribution in [0.1, 0.15) is 110 Å². The fourth-order valence-corrected chi connectivity index (χ4v) is 2.79. The zero-order chi connectivity index (χ0) is 16.3. The Hall–Kier alpha value is -0.830. The molecule has 3 nitrogen and oxygen atoms in total. The second kappa shape index (κ2) is 21.2. The highest BCUT2D eigenvalue weighted by Crippen LogP contribution is 2.13. The molecule has 3 N–H and O–H groups in total. The van der Waals surface area contributed by atoms with Crippen molar-refractivity contribution < 1.29 is 9.53 Å². The topological polar surface area (TPSA) is 61.3 Å². The van der Waals surface area contributed by atoms with Crippen LogP contribution in [0.25, 0.3) is 0 Å². The van der Waals surface area contributed by atoms with Crippen LogP contribution in [0, 0.1) is 0 Å². The van der Waals surface area contributed by atoms with E-state index in [0.717, 1.165) is 12.8 Å². The van der Waals surface area contributed by atoms with Crippen LogP contribution in [-0.2, 0) is 9.53 Å². The van der Waals surface area contributed by atoms with Crippen molar-refractivity contribution in [2.75, 3.05) is 0 Å². The van der Waals surface area contributed by atoms with Crippen LogP contribution in [0.2, 0.25) is 0 Å². The highest BCUT2D eigenvalue weighted by Gasteiger charge is 2.00. The summed E-state index contributed by atoms with van der Waals surface area (Å²) in [6, 6.07) is 0. The molecule has 23 heavy (non-hydrogen) atoms. The van der Waals surface area contributed by atoms with E-state index in [1.54, 1.807) is 0 Å². The largest absolute Gasteiger partial charge is 0.435 e. The van der Waals surface area contributed by atoms with Gasteiger partial charge in [-0.05, 0) is 6.42 Å². The molecular formula is C20H41NO2. The van der Waals surface area contributed by atoms with Gasteiger partial charge in [0, 0.05) is 6.42 Å². The first-order valence-electron chi connectivity index (χ1n) is 9.61. The third-order valence-electron chi connectivity index (χ3n) is 4.20. The molecule has 0 aromatic heterocycles. The van der Waals surface area contributed by atoms with Gasteiger partial charge in [0.15, 0.2) is 0 Å². The number of hydrogen-bond donors (Lipinski definition) is 1. The molecule has 0 aromatic rings. The van der Waals surface area contributed by atoms with E-state index in [-0.39, 0.29) is 12.1 Å². The molecule has 0 aliphatic carbocycles. The lowest BCUT2D eigenvalue weighted by Crippen LogP contribution is -1.98. The van der Waals surface area contributed by atoms with Gasteiger partial charge in [-0.2, -0.15) is 0 Å². The second-order valence-corrected chi connectivity index (χ2v) is 6.36. The molecule has 0 radical (unpaired) electrons. The first kappa shape index (κ1) is 24.4. The Morgan fingerprint density at radius 3 is 1.43 bits per heavy atom. The molecule has 0 aromatic carbocycles. The first-order chi connectivity index (χ1) is 10.8. The van der Waals surface area contributed by atoms with Crippen molar-refractivity contribution in [3.63, 3.8) is 0 Å². The number of rotatable bonds is 17. The second-order valence-electron chi connectivity index (χ2n) is 6.36. The molecule has 0 aliphatic rings. The van der Waals surface area contributed by atoms with Crippen molar-refractivity contribution in [1.82, 2.24) is 6.15 Å². The Morgan fingerprint density at radius 2 is 1.09 bits per heavy atom. The molecule has 0 spiro atoms. The van der Waals surface area contributed by atoms with Gasteiger partial charge < -0.3 is 10.9 Å². The monoisotopic (exact) mass is 327 g/mol. The molecule has 0 aliphatic heterocycles. The van der Waals surface area contributed by atoms with Crippen molar-refractivity contribution in [2.45, 2.75) is 110 Å². The lowest BCUT2D eigenvalue weighted by molar-refractivity contribution is -0.138. The summed E-state index contributed by atoms with van der Waals surface area (Å²) in [5.74, 6) is -0.148. The molecule has 0 unspecified atom stereocenters. The molecule has 138 valence electrons. The zero-order valence-electron chi connectivity index (χ0n) is 15.6. The predicted molar refractivity (Wildman–Crippen MR) is 101 cm³/mol. The normalized spacial score (nSPS) is 10.1. The van der Waals surface area contributed by atoms with E-state index in [1.807, 2.05) is 0 Å². The average Bonchev–Trinajstić information content (AvgIpc) is 2.51. The van der Waals surface area contributed by atoms with Crippen LogP contribution in [0.5, 0.6) is 0 Å². The quantitative estimate of drug-likeness (QED) is 0.176. The minimum absolute atomic E-state index is 0. The summed E-state index contributed by atoms with van der Waals surface area (Å²) in [5.41, 5.74) is 0. The summed E-state index contributed by atoms with van der Waals surface area (Å²) in [7, 11) is 0. The standard InChI is InChI=1S/C20H38O2.H3N/c1-3-5-6-7-8-9-10-11-12-13-14-15-16-17-18-19-20(21)22-4-2;/h4H,2-3,5-19H2,1H3;1H3. The fraction of sp³-hybridized carbons (Fsp3) is 0.850. The molecular weight excluding hydrogens is 286 g/mol. The van der Waals surface area contributed by atoms with Crippen LogP contribution in [0.3, 0.4) is 0 Å². The summed E-state index contributed by atoms with van der Waals surface area (Å²) in [6.45, 7) is 5.65. The summed E-state index contributed by atoms with van der Waals surface area (Å²) in [4.78, 5) is 11.1. The molecule has 0 fully saturated rings. The van der Waals surface area contributed by atoms with Crippen LogP contribution < -0.4 is 6.15 Å². The van der Waals surface area contributed by atoms with Crippen molar-refractivity contribution in [3.05, 3.63) is 12.8 Å². The van der Waals surface area contributed by atoms with E-state index >= 15 is 0 Å². The van der Waals surface area contributed by atoms with Gasteiger partial charge in [0.1, 0.15) is 0 Å². The lowest BCUT2D eigenvalue weighted by atomic mass is 10.0. The van der Waals surface area contributed by atoms with E-state index in [9.17, 15) is 4.79 Å². The summed E-state index contributed by atoms with van der Waals surface area (Å²) >= 11 is 0. The van der Waals surface area contributed by atoms with Gasteiger partial charge >= 0.3 is 5.97 Å². The number of unbranched alkanes of at least 4 members (excludes halogenated alkanes) is 14. The molecule has 0 bridgehead atoms. The maximum atomic E-state index is 11.1. The van der Waals surface area contributed by atoms with E-state index in [2.05, 4.69) is 18.2 Å². The van der Waals surface area contributed by atoms with Gasteiger partial charge in [0.2, 0.25) is 0 Å². The lowest BCUT2D eigenvalue weighted by Gasteiger charge is -2.03. The summed E-state index contributed by atoms with van der Waals surface area (Å²) in [6.07, 6.45) is 21.9. The minimum atomic E-state index is -0.148. The van der Waals surface area contributed by atoms with E-state index < -0.39 is 0 Å². The van der Waals surface area contributed by atoms with Gasteiger partial charge in [-0.25, -0.2) is 0 Å². The molecule has 0 saturated carbocycles. The Morgan fingerprint density at radius 1 is 0.739 bits per heavy atom. The van der Waals surface area contributed by atoms with E-state index in [1.165, 1.54) is 89.7 Å². The number of hydrogen-bond acceptors (Lipinski definition) is 3. The highest BCUT2D eigenvalue weighted by molar-refractivity contribution is 5.69. The molecule has 0 atom stereocenters. The molecule has 0 rings (SSSR count). The van der Waals surface area contributed by atoms with E-state index in [0.29, 0.717) is 6.42 Å². The predicted octanol–water partition coefficient (Wildman–Crippen LogP) is 7.10. The minimum Gasteiger partial charge on any atom is -0.435 e. The van der Waals surface area contributed by atoms with Gasteiger partial charge in [-0.15, -0.1) is 0 Å². The van der Waals surface area contributed by atoms with Crippen LogP contribution in [0.4, 0.5) is 0 Å². The van der Waals surface area contributed by atoms with Gasteiger partial charge in [0.05, 0.1) is 6.26 Å². The number of esters is 1. The SMILES string of the molecule is C=COC(=O)CCCCCCCCCCCCCCCCC.N. The Kier molecular flexibility index (Phi) is 22.5. The van der Waals surface area contributed by atoms with E-state index in [4.69, 9.17) is 0 Å². The zero-order valence-corrected chi connectivity index (χ0v) is 15.6. The smallest absolute Gasteiger partial charge is 0.310 e.